The molecule has 0 radical (unpaired) electrons. The van der Waals surface area contributed by atoms with Crippen LogP contribution in [0.25, 0.3) is 0 Å². The highest BCUT2D eigenvalue weighted by molar-refractivity contribution is 5.98. The lowest BCUT2D eigenvalue weighted by molar-refractivity contribution is -0.141. The number of nitrogens with one attached hydrogen (secondary N) is 3. The smallest absolute Gasteiger partial charge is 0.305 e. The summed E-state index contributed by atoms with van der Waals surface area (Å²) < 4.78 is 5.47. The molecule has 3 rings (SSSR count). The number of carbonyl (C=O) groups excluding carboxylic acids is 4. The summed E-state index contributed by atoms with van der Waals surface area (Å²) in [4.78, 5) is 71.4. The Hall–Kier alpha value is -4.52. The molecule has 4 amide bonds. The second-order valence-corrected chi connectivity index (χ2v) is 14.3. The maximum absolute atomic E-state index is 13.9. The molecule has 13 heteroatoms. The fourth-order valence-corrected chi connectivity index (χ4v) is 6.59. The monoisotopic (exact) mass is 723 g/mol. The summed E-state index contributed by atoms with van der Waals surface area (Å²) >= 11 is 0. The van der Waals surface area contributed by atoms with Gasteiger partial charge in [-0.25, -0.2) is 4.98 Å². The zero-order chi connectivity index (χ0) is 38.2. The third-order valence-electron chi connectivity index (χ3n) is 9.98. The normalized spacial score (nSPS) is 16.8. The molecule has 0 spiro atoms. The fraction of sp³-hybridized carbons (Fsp3) is 0.590. The number of hydrogen-bond donors (Lipinski definition) is 5. The average Bonchev–Trinajstić information content (AvgIpc) is 3.14. The van der Waals surface area contributed by atoms with Crippen molar-refractivity contribution in [2.45, 2.75) is 110 Å². The molecule has 0 bridgehead atoms. The third kappa shape index (κ3) is 13.2. The predicted molar refractivity (Wildman–Crippen MR) is 197 cm³/mol. The number of hydrogen-bond acceptors (Lipinski definition) is 8. The number of amides is 4. The first-order chi connectivity index (χ1) is 24.8. The first-order valence-corrected chi connectivity index (χ1v) is 18.5. The summed E-state index contributed by atoms with van der Waals surface area (Å²) in [5.74, 6) is -3.46. The van der Waals surface area contributed by atoms with Crippen LogP contribution in [0.2, 0.25) is 0 Å². The number of nitrogens with zero attached hydrogens (tertiary/aromatic N) is 2. The number of aliphatic carboxylic acids is 1. The van der Waals surface area contributed by atoms with Gasteiger partial charge in [-0.05, 0) is 54.9 Å². The summed E-state index contributed by atoms with van der Waals surface area (Å²) in [6, 6.07) is 10.8. The van der Waals surface area contributed by atoms with E-state index in [1.807, 2.05) is 27.7 Å². The van der Waals surface area contributed by atoms with Crippen LogP contribution in [-0.2, 0) is 24.0 Å². The van der Waals surface area contributed by atoms with Gasteiger partial charge in [0.2, 0.25) is 11.8 Å². The van der Waals surface area contributed by atoms with Crippen molar-refractivity contribution in [3.63, 3.8) is 0 Å². The second-order valence-electron chi connectivity index (χ2n) is 14.3. The Morgan fingerprint density at radius 2 is 1.60 bits per heavy atom. The van der Waals surface area contributed by atoms with Crippen LogP contribution >= 0.6 is 0 Å². The van der Waals surface area contributed by atoms with Gasteiger partial charge in [-0.2, -0.15) is 0 Å². The van der Waals surface area contributed by atoms with E-state index in [0.29, 0.717) is 24.4 Å². The van der Waals surface area contributed by atoms with Crippen molar-refractivity contribution in [1.82, 2.24) is 20.9 Å². The number of aromatic nitrogens is 1. The highest BCUT2D eigenvalue weighted by Crippen LogP contribution is 2.30. The van der Waals surface area contributed by atoms with Gasteiger partial charge in [0, 0.05) is 19.2 Å². The van der Waals surface area contributed by atoms with Gasteiger partial charge in [-0.3, -0.25) is 28.9 Å². The number of para-hydroxylation sites is 1. The van der Waals surface area contributed by atoms with Crippen LogP contribution < -0.4 is 25.6 Å². The lowest BCUT2D eigenvalue weighted by Gasteiger charge is -2.34. The maximum atomic E-state index is 13.9. The van der Waals surface area contributed by atoms with Crippen molar-refractivity contribution in [3.8, 4) is 5.75 Å². The average molecular weight is 724 g/mol. The summed E-state index contributed by atoms with van der Waals surface area (Å²) in [5, 5.41) is 29.6. The van der Waals surface area contributed by atoms with E-state index in [0.717, 1.165) is 32.1 Å². The van der Waals surface area contributed by atoms with E-state index in [2.05, 4.69) is 20.9 Å². The van der Waals surface area contributed by atoms with Gasteiger partial charge in [-0.15, -0.1) is 0 Å². The summed E-state index contributed by atoms with van der Waals surface area (Å²) in [6.45, 7) is 7.13. The van der Waals surface area contributed by atoms with Gasteiger partial charge >= 0.3 is 5.97 Å². The molecule has 1 aromatic carbocycles. The number of carbonyl (C=O) groups is 5. The molecule has 5 N–H and O–H groups in total. The van der Waals surface area contributed by atoms with Crippen LogP contribution in [-0.4, -0.2) is 82.7 Å². The summed E-state index contributed by atoms with van der Waals surface area (Å²) in [5.41, 5.74) is 0. The van der Waals surface area contributed by atoms with Crippen molar-refractivity contribution >= 4 is 35.4 Å². The van der Waals surface area contributed by atoms with E-state index >= 15 is 0 Å². The van der Waals surface area contributed by atoms with Crippen molar-refractivity contribution in [3.05, 3.63) is 54.7 Å². The maximum Gasteiger partial charge on any atom is 0.305 e. The standard InChI is InChI=1S/C39H57N5O8/c1-6-26(4)36(39(51)44(5)33-19-13-14-20-40-33)43-37(49)29(25(2)3)22-32(45)30(21-27-15-9-7-10-16-27)42-38(50)31(23-35(47)48)41-34(46)24-52-28-17-11-8-12-18-28/h8,11-14,17-20,25-27,29-32,36,45H,6-7,9-10,15-16,21-24H2,1-5H3,(H,41,46)(H,42,50)(H,43,49)(H,47,48)/t26-,29+,30+,31-,32?,36+/m1/s1. The number of ether oxygens (including phenoxy) is 1. The molecule has 52 heavy (non-hydrogen) atoms. The molecule has 1 heterocycles. The van der Waals surface area contributed by atoms with Gasteiger partial charge in [0.15, 0.2) is 6.61 Å². The minimum atomic E-state index is -1.42. The Morgan fingerprint density at radius 1 is 0.923 bits per heavy atom. The van der Waals surface area contributed by atoms with Crippen LogP contribution in [0, 0.1) is 23.7 Å². The zero-order valence-electron chi connectivity index (χ0n) is 31.1. The van der Waals surface area contributed by atoms with E-state index in [9.17, 15) is 34.2 Å². The molecule has 1 fully saturated rings. The summed E-state index contributed by atoms with van der Waals surface area (Å²) in [6.07, 6.45) is 5.76. The first-order valence-electron chi connectivity index (χ1n) is 18.5. The lowest BCUT2D eigenvalue weighted by Crippen LogP contribution is -2.55. The number of carboxylic acids is 1. The Labute approximate surface area is 307 Å². The number of rotatable bonds is 20. The van der Waals surface area contributed by atoms with Crippen LogP contribution in [0.5, 0.6) is 5.75 Å². The number of likely N-dealkylation sites (N-methyl/N-ethyl adjacent to an activating group) is 1. The summed E-state index contributed by atoms with van der Waals surface area (Å²) in [7, 11) is 1.62. The number of anilines is 1. The molecule has 6 atom stereocenters. The number of aliphatic hydroxyl groups excluding tert-OH is 1. The van der Waals surface area contributed by atoms with Gasteiger partial charge < -0.3 is 30.9 Å². The molecule has 1 aliphatic rings. The molecule has 1 saturated carbocycles. The predicted octanol–water partition coefficient (Wildman–Crippen LogP) is 4.09. The van der Waals surface area contributed by atoms with Crippen LogP contribution in [0.1, 0.15) is 85.5 Å². The first kappa shape index (κ1) is 41.9. The number of benzene rings is 1. The minimum Gasteiger partial charge on any atom is -0.484 e. The number of pyridine rings is 1. The Balaban J connectivity index is 1.77. The lowest BCUT2D eigenvalue weighted by atomic mass is 9.81. The van der Waals surface area contributed by atoms with Gasteiger partial charge in [0.1, 0.15) is 23.7 Å². The zero-order valence-corrected chi connectivity index (χ0v) is 31.1. The van der Waals surface area contributed by atoms with Gasteiger partial charge in [0.25, 0.3) is 11.8 Å². The highest BCUT2D eigenvalue weighted by atomic mass is 16.5. The highest BCUT2D eigenvalue weighted by Gasteiger charge is 2.36. The number of aliphatic hydroxyl groups is 1. The molecular formula is C39H57N5O8. The molecule has 2 aromatic rings. The third-order valence-corrected chi connectivity index (χ3v) is 9.98. The van der Waals surface area contributed by atoms with Crippen LogP contribution in [0.15, 0.2) is 54.7 Å². The SMILES string of the molecule is CC[C@@H](C)[C@H](NC(=O)[C@@H](CC(O)[C@H](CC1CCCCC1)NC(=O)[C@@H](CC(=O)O)NC(=O)COc1ccccc1)C(C)C)C(=O)N(C)c1ccccn1. The molecule has 1 aromatic heterocycles. The Kier molecular flexibility index (Phi) is 17.0. The Bertz CT molecular complexity index is 1440. The van der Waals surface area contributed by atoms with Crippen molar-refractivity contribution in [1.29, 1.82) is 0 Å². The van der Waals surface area contributed by atoms with E-state index < -0.39 is 61.0 Å². The van der Waals surface area contributed by atoms with Crippen molar-refractivity contribution < 1.29 is 38.9 Å². The van der Waals surface area contributed by atoms with E-state index in [-0.39, 0.29) is 36.0 Å². The van der Waals surface area contributed by atoms with E-state index in [4.69, 9.17) is 4.74 Å². The van der Waals surface area contributed by atoms with Crippen LogP contribution in [0.4, 0.5) is 5.82 Å². The quantitative estimate of drug-likeness (QED) is 0.134. The molecule has 0 aliphatic heterocycles. The van der Waals surface area contributed by atoms with Gasteiger partial charge in [0.05, 0.1) is 18.6 Å². The largest absolute Gasteiger partial charge is 0.484 e. The second kappa shape index (κ2) is 21.1. The molecule has 286 valence electrons. The molecular weight excluding hydrogens is 666 g/mol. The minimum absolute atomic E-state index is 0.0144. The Morgan fingerprint density at radius 3 is 2.19 bits per heavy atom. The molecule has 13 nitrogen and oxygen atoms in total. The topological polar surface area (TPSA) is 187 Å². The molecule has 1 aliphatic carbocycles. The van der Waals surface area contributed by atoms with Crippen molar-refractivity contribution in [2.24, 2.45) is 23.7 Å². The van der Waals surface area contributed by atoms with E-state index in [1.165, 1.54) is 4.90 Å². The van der Waals surface area contributed by atoms with E-state index in [1.54, 1.807) is 61.8 Å². The van der Waals surface area contributed by atoms with Crippen LogP contribution in [0.3, 0.4) is 0 Å². The fourth-order valence-electron chi connectivity index (χ4n) is 6.59. The number of carboxylic acid groups (broad SMARTS) is 1. The molecule has 1 unspecified atom stereocenters. The van der Waals surface area contributed by atoms with Crippen molar-refractivity contribution in [2.75, 3.05) is 18.6 Å². The van der Waals surface area contributed by atoms with Gasteiger partial charge in [-0.1, -0.05) is 90.5 Å². The molecule has 0 saturated heterocycles.